The first-order chi connectivity index (χ1) is 5.00. The van der Waals surface area contributed by atoms with Crippen LogP contribution in [-0.2, 0) is 4.57 Å². The first kappa shape index (κ1) is 8.31. The van der Waals surface area contributed by atoms with Crippen molar-refractivity contribution in [1.82, 2.24) is 0 Å². The average Bonchev–Trinajstić information content (AvgIpc) is 1.86. The molecule has 0 aromatic heterocycles. The molecule has 1 aromatic rings. The fourth-order valence-electron chi connectivity index (χ4n) is 0.783. The highest BCUT2D eigenvalue weighted by atomic mass is 31.2. The number of benzene rings is 1. The molecule has 0 bridgehead atoms. The zero-order valence-electron chi connectivity index (χ0n) is 6.19. The summed E-state index contributed by atoms with van der Waals surface area (Å²) in [5.41, 5.74) is 5.94. The van der Waals surface area contributed by atoms with Gasteiger partial charge in [0.15, 0.2) is 0 Å². The molecule has 0 aliphatic carbocycles. The molecule has 11 heavy (non-hydrogen) atoms. The van der Waals surface area contributed by atoms with Gasteiger partial charge in [0.25, 0.3) is 0 Å². The van der Waals surface area contributed by atoms with Crippen molar-refractivity contribution in [3.05, 3.63) is 24.3 Å². The van der Waals surface area contributed by atoms with Crippen LogP contribution in [0.2, 0.25) is 0 Å². The predicted octanol–water partition coefficient (Wildman–Crippen LogP) is 0.794. The second-order valence-corrected chi connectivity index (χ2v) is 4.75. The normalized spacial score (nSPS) is 15.8. The molecule has 0 heterocycles. The molecule has 0 aliphatic rings. The second kappa shape index (κ2) is 2.68. The molecule has 60 valence electrons. The van der Waals surface area contributed by atoms with Gasteiger partial charge in [-0.25, -0.2) is 0 Å². The van der Waals surface area contributed by atoms with Crippen molar-refractivity contribution < 1.29 is 9.46 Å². The second-order valence-electron chi connectivity index (χ2n) is 2.47. The Balaban J connectivity index is 3.17. The minimum atomic E-state index is -3.13. The summed E-state index contributed by atoms with van der Waals surface area (Å²) in [4.78, 5) is 9.11. The van der Waals surface area contributed by atoms with Crippen LogP contribution < -0.4 is 11.0 Å². The van der Waals surface area contributed by atoms with Crippen LogP contribution in [-0.4, -0.2) is 11.6 Å². The monoisotopic (exact) mass is 171 g/mol. The third-order valence-corrected chi connectivity index (χ3v) is 2.59. The number of rotatable bonds is 1. The molecule has 0 saturated heterocycles. The summed E-state index contributed by atoms with van der Waals surface area (Å²) in [7, 11) is -3.13. The first-order valence-electron chi connectivity index (χ1n) is 3.16. The van der Waals surface area contributed by atoms with Crippen LogP contribution in [0.25, 0.3) is 0 Å². The van der Waals surface area contributed by atoms with Gasteiger partial charge in [0.2, 0.25) is 7.37 Å². The molecule has 3 N–H and O–H groups in total. The maximum Gasteiger partial charge on any atom is 0.226 e. The fourth-order valence-corrected chi connectivity index (χ4v) is 1.53. The number of anilines is 1. The van der Waals surface area contributed by atoms with Crippen LogP contribution in [0, 0.1) is 0 Å². The molecule has 0 fully saturated rings. The van der Waals surface area contributed by atoms with E-state index < -0.39 is 7.37 Å². The Bertz CT molecular complexity index is 305. The lowest BCUT2D eigenvalue weighted by atomic mass is 10.3. The van der Waals surface area contributed by atoms with Crippen LogP contribution in [0.5, 0.6) is 0 Å². The van der Waals surface area contributed by atoms with Crippen molar-refractivity contribution in [2.75, 3.05) is 12.4 Å². The molecule has 4 heteroatoms. The number of nitrogen functional groups attached to an aromatic ring is 1. The molecule has 0 aliphatic heterocycles. The number of hydrogen-bond donors (Lipinski definition) is 2. The Morgan fingerprint density at radius 1 is 1.55 bits per heavy atom. The highest BCUT2D eigenvalue weighted by Gasteiger charge is 2.12. The molecule has 0 saturated carbocycles. The lowest BCUT2D eigenvalue weighted by Crippen LogP contribution is -2.03. The van der Waals surface area contributed by atoms with Gasteiger partial charge >= 0.3 is 0 Å². The Kier molecular flexibility index (Phi) is 2.03. The summed E-state index contributed by atoms with van der Waals surface area (Å²) in [5, 5.41) is 0.400. The SMILES string of the molecule is CP(=O)(O)c1cccc(N)c1. The minimum Gasteiger partial charge on any atom is -0.399 e. The highest BCUT2D eigenvalue weighted by molar-refractivity contribution is 7.65. The minimum absolute atomic E-state index is 0.400. The smallest absolute Gasteiger partial charge is 0.226 e. The number of nitrogens with two attached hydrogens (primary N) is 1. The summed E-state index contributed by atoms with van der Waals surface area (Å²) < 4.78 is 11.1. The molecule has 1 atom stereocenters. The van der Waals surface area contributed by atoms with E-state index in [1.807, 2.05) is 0 Å². The van der Waals surface area contributed by atoms with Gasteiger partial charge in [0, 0.05) is 17.7 Å². The largest absolute Gasteiger partial charge is 0.399 e. The van der Waals surface area contributed by atoms with Gasteiger partial charge in [-0.3, -0.25) is 4.57 Å². The molecule has 0 spiro atoms. The van der Waals surface area contributed by atoms with Crippen LogP contribution >= 0.6 is 7.37 Å². The van der Waals surface area contributed by atoms with Gasteiger partial charge in [-0.2, -0.15) is 0 Å². The Morgan fingerprint density at radius 3 is 2.55 bits per heavy atom. The van der Waals surface area contributed by atoms with E-state index in [1.54, 1.807) is 18.2 Å². The molecule has 1 rings (SSSR count). The van der Waals surface area contributed by atoms with Crippen molar-refractivity contribution in [2.24, 2.45) is 0 Å². The van der Waals surface area contributed by atoms with E-state index in [-0.39, 0.29) is 0 Å². The molecule has 3 nitrogen and oxygen atoms in total. The fraction of sp³-hybridized carbons (Fsp3) is 0.143. The average molecular weight is 171 g/mol. The van der Waals surface area contributed by atoms with Crippen LogP contribution in [0.1, 0.15) is 0 Å². The van der Waals surface area contributed by atoms with Gasteiger partial charge in [0.1, 0.15) is 0 Å². The lowest BCUT2D eigenvalue weighted by Gasteiger charge is -2.04. The summed E-state index contributed by atoms with van der Waals surface area (Å²) in [5.74, 6) is 0. The molecule has 1 unspecified atom stereocenters. The van der Waals surface area contributed by atoms with Gasteiger partial charge in [-0.15, -0.1) is 0 Å². The summed E-state index contributed by atoms with van der Waals surface area (Å²) >= 11 is 0. The Labute approximate surface area is 65.3 Å². The first-order valence-corrected chi connectivity index (χ1v) is 5.27. The zero-order chi connectivity index (χ0) is 8.48. The molecular weight excluding hydrogens is 161 g/mol. The predicted molar refractivity (Wildman–Crippen MR) is 46.2 cm³/mol. The van der Waals surface area contributed by atoms with Crippen molar-refractivity contribution in [3.63, 3.8) is 0 Å². The van der Waals surface area contributed by atoms with Crippen LogP contribution in [0.4, 0.5) is 5.69 Å². The van der Waals surface area contributed by atoms with E-state index in [0.717, 1.165) is 0 Å². The standard InChI is InChI=1S/C7H10NO2P/c1-11(9,10)7-4-2-3-6(8)5-7/h2-5H,8H2,1H3,(H,9,10). The highest BCUT2D eigenvalue weighted by Crippen LogP contribution is 2.33. The van der Waals surface area contributed by atoms with E-state index in [9.17, 15) is 4.57 Å². The maximum absolute atomic E-state index is 11.1. The van der Waals surface area contributed by atoms with E-state index in [0.29, 0.717) is 11.0 Å². The van der Waals surface area contributed by atoms with Crippen molar-refractivity contribution in [1.29, 1.82) is 0 Å². The number of hydrogen-bond acceptors (Lipinski definition) is 2. The van der Waals surface area contributed by atoms with Gasteiger partial charge < -0.3 is 10.6 Å². The summed E-state index contributed by atoms with van der Waals surface area (Å²) in [6.07, 6.45) is 0. The van der Waals surface area contributed by atoms with E-state index in [1.165, 1.54) is 12.7 Å². The third-order valence-electron chi connectivity index (χ3n) is 1.35. The molecule has 0 radical (unpaired) electrons. The topological polar surface area (TPSA) is 63.3 Å². The van der Waals surface area contributed by atoms with Crippen molar-refractivity contribution >= 4 is 18.4 Å². The van der Waals surface area contributed by atoms with Crippen molar-refractivity contribution in [2.45, 2.75) is 0 Å². The van der Waals surface area contributed by atoms with Crippen LogP contribution in [0.15, 0.2) is 24.3 Å². The molecular formula is C7H10NO2P. The lowest BCUT2D eigenvalue weighted by molar-refractivity contribution is 0.496. The summed E-state index contributed by atoms with van der Waals surface area (Å²) in [6.45, 7) is 1.29. The van der Waals surface area contributed by atoms with Gasteiger partial charge in [0.05, 0.1) is 0 Å². The van der Waals surface area contributed by atoms with Gasteiger partial charge in [-0.1, -0.05) is 6.07 Å². The maximum atomic E-state index is 11.1. The van der Waals surface area contributed by atoms with Gasteiger partial charge in [-0.05, 0) is 18.2 Å². The molecule has 1 aromatic carbocycles. The quantitative estimate of drug-likeness (QED) is 0.485. The van der Waals surface area contributed by atoms with Crippen molar-refractivity contribution in [3.8, 4) is 0 Å². The molecule has 0 amide bonds. The van der Waals surface area contributed by atoms with E-state index in [2.05, 4.69) is 0 Å². The van der Waals surface area contributed by atoms with E-state index >= 15 is 0 Å². The van der Waals surface area contributed by atoms with Crippen LogP contribution in [0.3, 0.4) is 0 Å². The summed E-state index contributed by atoms with van der Waals surface area (Å²) in [6, 6.07) is 6.45. The van der Waals surface area contributed by atoms with E-state index in [4.69, 9.17) is 10.6 Å². The Hall–Kier alpha value is -0.790. The Morgan fingerprint density at radius 2 is 2.18 bits per heavy atom. The zero-order valence-corrected chi connectivity index (χ0v) is 7.08. The third kappa shape index (κ3) is 2.07.